The summed E-state index contributed by atoms with van der Waals surface area (Å²) in [5.74, 6) is 1.97. The fourth-order valence-electron chi connectivity index (χ4n) is 3.14. The number of para-hydroxylation sites is 1. The Labute approximate surface area is 151 Å². The highest BCUT2D eigenvalue weighted by Crippen LogP contribution is 2.24. The molecular formula is C19H24F2N2O3. The van der Waals surface area contributed by atoms with Crippen molar-refractivity contribution in [1.29, 1.82) is 0 Å². The molecule has 0 spiro atoms. The molecule has 2 aromatic rings. The van der Waals surface area contributed by atoms with E-state index < -0.39 is 6.61 Å². The fraction of sp³-hybridized carbons (Fsp3) is 0.474. The van der Waals surface area contributed by atoms with Gasteiger partial charge in [0.15, 0.2) is 0 Å². The van der Waals surface area contributed by atoms with Crippen LogP contribution in [0, 0.1) is 6.92 Å². The number of alkyl halides is 2. The molecule has 1 saturated heterocycles. The normalized spacial score (nSPS) is 16.8. The highest BCUT2D eigenvalue weighted by Gasteiger charge is 2.25. The Bertz CT molecular complexity index is 687. The number of rotatable bonds is 8. The monoisotopic (exact) mass is 366 g/mol. The number of aryl methyl sites for hydroxylation is 1. The van der Waals surface area contributed by atoms with Crippen LogP contribution in [-0.4, -0.2) is 44.4 Å². The SMILES string of the molecule is Cc1ccc(C(CNCc2ccccc2OC(F)F)N2CCOCC2)o1. The van der Waals surface area contributed by atoms with Crippen LogP contribution in [0.15, 0.2) is 40.8 Å². The number of hydrogen-bond acceptors (Lipinski definition) is 5. The molecule has 0 bridgehead atoms. The van der Waals surface area contributed by atoms with E-state index in [0.29, 0.717) is 31.9 Å². The Kier molecular flexibility index (Phi) is 6.60. The molecule has 7 heteroatoms. The van der Waals surface area contributed by atoms with Crippen LogP contribution < -0.4 is 10.1 Å². The molecule has 1 atom stereocenters. The van der Waals surface area contributed by atoms with Crippen LogP contribution in [0.3, 0.4) is 0 Å². The lowest BCUT2D eigenvalue weighted by Crippen LogP contribution is -2.42. The molecule has 1 aromatic heterocycles. The smallest absolute Gasteiger partial charge is 0.387 e. The molecule has 142 valence electrons. The zero-order valence-corrected chi connectivity index (χ0v) is 14.8. The predicted molar refractivity (Wildman–Crippen MR) is 93.4 cm³/mol. The highest BCUT2D eigenvalue weighted by molar-refractivity contribution is 5.33. The number of hydrogen-bond donors (Lipinski definition) is 1. The van der Waals surface area contributed by atoms with Gasteiger partial charge in [0.2, 0.25) is 0 Å². The van der Waals surface area contributed by atoms with E-state index in [2.05, 4.69) is 15.0 Å². The van der Waals surface area contributed by atoms with E-state index in [-0.39, 0.29) is 11.8 Å². The second kappa shape index (κ2) is 9.12. The standard InChI is InChI=1S/C19H24F2N2O3/c1-14-6-7-18(25-14)16(23-8-10-24-11-9-23)13-22-12-15-4-2-3-5-17(15)26-19(20)21/h2-7,16,19,22H,8-13H2,1H3. The molecule has 26 heavy (non-hydrogen) atoms. The van der Waals surface area contributed by atoms with Gasteiger partial charge in [-0.2, -0.15) is 8.78 Å². The first kappa shape index (κ1) is 18.8. The first-order valence-electron chi connectivity index (χ1n) is 8.75. The zero-order valence-electron chi connectivity index (χ0n) is 14.8. The van der Waals surface area contributed by atoms with E-state index in [1.54, 1.807) is 18.2 Å². The Morgan fingerprint density at radius 3 is 2.62 bits per heavy atom. The number of furan rings is 1. The van der Waals surface area contributed by atoms with Gasteiger partial charge < -0.3 is 19.2 Å². The Hall–Kier alpha value is -1.96. The van der Waals surface area contributed by atoms with Gasteiger partial charge in [-0.1, -0.05) is 18.2 Å². The molecule has 3 rings (SSSR count). The van der Waals surface area contributed by atoms with Gasteiger partial charge in [0, 0.05) is 31.7 Å². The van der Waals surface area contributed by atoms with Gasteiger partial charge in [-0.3, -0.25) is 4.90 Å². The summed E-state index contributed by atoms with van der Waals surface area (Å²) in [5.41, 5.74) is 0.698. The topological polar surface area (TPSA) is 46.9 Å². The largest absolute Gasteiger partial charge is 0.465 e. The van der Waals surface area contributed by atoms with Crippen LogP contribution in [0.2, 0.25) is 0 Å². The van der Waals surface area contributed by atoms with Crippen molar-refractivity contribution in [2.45, 2.75) is 26.1 Å². The van der Waals surface area contributed by atoms with Crippen molar-refractivity contribution in [3.63, 3.8) is 0 Å². The van der Waals surface area contributed by atoms with Crippen molar-refractivity contribution < 1.29 is 22.7 Å². The van der Waals surface area contributed by atoms with Crippen LogP contribution in [-0.2, 0) is 11.3 Å². The lowest BCUT2D eigenvalue weighted by atomic mass is 10.1. The minimum Gasteiger partial charge on any atom is -0.465 e. The summed E-state index contributed by atoms with van der Waals surface area (Å²) in [7, 11) is 0. The summed E-state index contributed by atoms with van der Waals surface area (Å²) in [6.45, 7) is 3.21. The van der Waals surface area contributed by atoms with Crippen molar-refractivity contribution in [3.8, 4) is 5.75 Å². The average molecular weight is 366 g/mol. The van der Waals surface area contributed by atoms with E-state index >= 15 is 0 Å². The van der Waals surface area contributed by atoms with Gasteiger partial charge in [0.25, 0.3) is 0 Å². The number of halogens is 2. The highest BCUT2D eigenvalue weighted by atomic mass is 19.3. The van der Waals surface area contributed by atoms with Crippen molar-refractivity contribution in [3.05, 3.63) is 53.5 Å². The minimum atomic E-state index is -2.83. The van der Waals surface area contributed by atoms with Crippen LogP contribution in [0.4, 0.5) is 8.78 Å². The molecule has 1 aliphatic heterocycles. The first-order valence-corrected chi connectivity index (χ1v) is 8.75. The van der Waals surface area contributed by atoms with Crippen molar-refractivity contribution >= 4 is 0 Å². The molecule has 5 nitrogen and oxygen atoms in total. The maximum Gasteiger partial charge on any atom is 0.387 e. The Morgan fingerprint density at radius 2 is 1.92 bits per heavy atom. The summed E-state index contributed by atoms with van der Waals surface area (Å²) in [5, 5.41) is 3.35. The van der Waals surface area contributed by atoms with Crippen molar-refractivity contribution in [2.75, 3.05) is 32.8 Å². The Morgan fingerprint density at radius 1 is 1.15 bits per heavy atom. The summed E-state index contributed by atoms with van der Waals surface area (Å²) >= 11 is 0. The van der Waals surface area contributed by atoms with Crippen LogP contribution in [0.1, 0.15) is 23.1 Å². The molecule has 1 aromatic carbocycles. The van der Waals surface area contributed by atoms with Crippen LogP contribution in [0.5, 0.6) is 5.75 Å². The summed E-state index contributed by atoms with van der Waals surface area (Å²) in [4.78, 5) is 2.32. The molecule has 1 unspecified atom stereocenters. The van der Waals surface area contributed by atoms with E-state index in [1.807, 2.05) is 25.1 Å². The number of ether oxygens (including phenoxy) is 2. The first-order chi connectivity index (χ1) is 12.6. The second-order valence-electron chi connectivity index (χ2n) is 6.23. The van der Waals surface area contributed by atoms with E-state index in [9.17, 15) is 8.78 Å². The van der Waals surface area contributed by atoms with Crippen molar-refractivity contribution in [2.24, 2.45) is 0 Å². The molecule has 0 radical (unpaired) electrons. The molecule has 0 saturated carbocycles. The van der Waals surface area contributed by atoms with Gasteiger partial charge in [-0.15, -0.1) is 0 Å². The van der Waals surface area contributed by atoms with Gasteiger partial charge in [-0.25, -0.2) is 0 Å². The molecule has 2 heterocycles. The predicted octanol–water partition coefficient (Wildman–Crippen LogP) is 3.35. The van der Waals surface area contributed by atoms with E-state index in [1.165, 1.54) is 0 Å². The quantitative estimate of drug-likeness (QED) is 0.776. The maximum atomic E-state index is 12.5. The van der Waals surface area contributed by atoms with Crippen LogP contribution in [0.25, 0.3) is 0 Å². The number of nitrogens with zero attached hydrogens (tertiary/aromatic N) is 1. The second-order valence-corrected chi connectivity index (χ2v) is 6.23. The third-order valence-corrected chi connectivity index (χ3v) is 4.42. The summed E-state index contributed by atoms with van der Waals surface area (Å²) < 4.78 is 40.9. The van der Waals surface area contributed by atoms with Crippen molar-refractivity contribution in [1.82, 2.24) is 10.2 Å². The third-order valence-electron chi connectivity index (χ3n) is 4.42. The average Bonchev–Trinajstić information content (AvgIpc) is 3.06. The van der Waals surface area contributed by atoms with Gasteiger partial charge >= 0.3 is 6.61 Å². The number of nitrogens with one attached hydrogen (secondary N) is 1. The third kappa shape index (κ3) is 5.03. The van der Waals surface area contributed by atoms with Crippen LogP contribution >= 0.6 is 0 Å². The number of benzene rings is 1. The maximum absolute atomic E-state index is 12.5. The molecule has 0 aliphatic carbocycles. The van der Waals surface area contributed by atoms with Gasteiger partial charge in [-0.05, 0) is 25.1 Å². The lowest BCUT2D eigenvalue weighted by Gasteiger charge is -2.33. The Balaban J connectivity index is 1.65. The lowest BCUT2D eigenvalue weighted by molar-refractivity contribution is -0.0505. The van der Waals surface area contributed by atoms with Gasteiger partial charge in [0.1, 0.15) is 17.3 Å². The zero-order chi connectivity index (χ0) is 18.4. The van der Waals surface area contributed by atoms with Gasteiger partial charge in [0.05, 0.1) is 19.3 Å². The fourth-order valence-corrected chi connectivity index (χ4v) is 3.14. The summed E-state index contributed by atoms with van der Waals surface area (Å²) in [6, 6.07) is 10.8. The molecule has 0 amide bonds. The number of morpholine rings is 1. The molecular weight excluding hydrogens is 342 g/mol. The molecule has 1 aliphatic rings. The summed E-state index contributed by atoms with van der Waals surface area (Å²) in [6.07, 6.45) is 0. The molecule has 1 N–H and O–H groups in total. The van der Waals surface area contributed by atoms with E-state index in [4.69, 9.17) is 9.15 Å². The van der Waals surface area contributed by atoms with E-state index in [0.717, 1.165) is 24.6 Å². The molecule has 1 fully saturated rings. The minimum absolute atomic E-state index is 0.0655.